The Bertz CT molecular complexity index is 1470. The predicted octanol–water partition coefficient (Wildman–Crippen LogP) is 6.81. The Morgan fingerprint density at radius 3 is 2.33 bits per heavy atom. The molecule has 2 atom stereocenters. The standard InChI is InChI=1S/C28H22ClN5OS/c1-18-26(27(35)33(31-18)22-10-6-3-7-11-22)23-16-25(20-12-14-21(29)15-13-20)34(32-23)28-30-24(17-36-28)19-8-4-2-5-9-19/h2-15,17,25-26H,16H2,1H3. The summed E-state index contributed by atoms with van der Waals surface area (Å²) < 4.78 is 0. The van der Waals surface area contributed by atoms with Gasteiger partial charge in [0.1, 0.15) is 5.92 Å². The third-order valence-electron chi connectivity index (χ3n) is 6.41. The van der Waals surface area contributed by atoms with Crippen LogP contribution in [0.4, 0.5) is 10.8 Å². The highest BCUT2D eigenvalue weighted by atomic mass is 35.5. The molecule has 178 valence electrons. The van der Waals surface area contributed by atoms with E-state index in [0.29, 0.717) is 11.4 Å². The Labute approximate surface area is 218 Å². The van der Waals surface area contributed by atoms with E-state index < -0.39 is 5.92 Å². The topological polar surface area (TPSA) is 61.2 Å². The minimum Gasteiger partial charge on any atom is -0.271 e. The molecule has 6 nitrogen and oxygen atoms in total. The van der Waals surface area contributed by atoms with Crippen LogP contribution in [0.5, 0.6) is 0 Å². The minimum absolute atomic E-state index is 0.0849. The lowest BCUT2D eigenvalue weighted by Crippen LogP contribution is -2.32. The van der Waals surface area contributed by atoms with Gasteiger partial charge in [0.2, 0.25) is 5.13 Å². The van der Waals surface area contributed by atoms with Crippen molar-refractivity contribution in [2.75, 3.05) is 10.0 Å². The summed E-state index contributed by atoms with van der Waals surface area (Å²) in [5.74, 6) is -0.586. The van der Waals surface area contributed by atoms with E-state index in [9.17, 15) is 4.79 Å². The summed E-state index contributed by atoms with van der Waals surface area (Å²) in [6, 6.07) is 27.3. The summed E-state index contributed by atoms with van der Waals surface area (Å²) in [6.07, 6.45) is 0.591. The fourth-order valence-corrected chi connectivity index (χ4v) is 5.60. The fraction of sp³-hybridized carbons (Fsp3) is 0.143. The Morgan fingerprint density at radius 1 is 0.917 bits per heavy atom. The van der Waals surface area contributed by atoms with Crippen molar-refractivity contribution in [3.63, 3.8) is 0 Å². The van der Waals surface area contributed by atoms with Crippen LogP contribution in [0.3, 0.4) is 0 Å². The van der Waals surface area contributed by atoms with Gasteiger partial charge in [-0.2, -0.15) is 15.2 Å². The monoisotopic (exact) mass is 511 g/mol. The van der Waals surface area contributed by atoms with Crippen LogP contribution in [0, 0.1) is 5.92 Å². The molecule has 2 aliphatic heterocycles. The van der Waals surface area contributed by atoms with Crippen LogP contribution in [0.25, 0.3) is 11.3 Å². The van der Waals surface area contributed by atoms with Gasteiger partial charge in [0, 0.05) is 22.4 Å². The predicted molar refractivity (Wildman–Crippen MR) is 147 cm³/mol. The molecular weight excluding hydrogens is 490 g/mol. The van der Waals surface area contributed by atoms with E-state index in [2.05, 4.69) is 5.10 Å². The van der Waals surface area contributed by atoms with Gasteiger partial charge in [-0.05, 0) is 36.8 Å². The van der Waals surface area contributed by atoms with Crippen LogP contribution in [-0.2, 0) is 4.79 Å². The number of para-hydroxylation sites is 1. The lowest BCUT2D eigenvalue weighted by Gasteiger charge is -2.21. The van der Waals surface area contributed by atoms with Crippen molar-refractivity contribution in [1.82, 2.24) is 4.98 Å². The molecule has 2 unspecified atom stereocenters. The molecule has 8 heteroatoms. The third-order valence-corrected chi connectivity index (χ3v) is 7.49. The number of benzene rings is 3. The Hall–Kier alpha value is -3.81. The number of carbonyl (C=O) groups is 1. The molecule has 0 aliphatic carbocycles. The van der Waals surface area contributed by atoms with Crippen molar-refractivity contribution in [1.29, 1.82) is 0 Å². The summed E-state index contributed by atoms with van der Waals surface area (Å²) in [5, 5.41) is 16.5. The SMILES string of the molecule is CC1=NN(c2ccccc2)C(=O)C1C1=NN(c2nc(-c3ccccc3)cs2)C(c2ccc(Cl)cc2)C1. The van der Waals surface area contributed by atoms with E-state index in [1.165, 1.54) is 5.01 Å². The van der Waals surface area contributed by atoms with Gasteiger partial charge in [-0.15, -0.1) is 11.3 Å². The van der Waals surface area contributed by atoms with Crippen molar-refractivity contribution in [3.8, 4) is 11.3 Å². The van der Waals surface area contributed by atoms with Gasteiger partial charge in [0.25, 0.3) is 5.91 Å². The summed E-state index contributed by atoms with van der Waals surface area (Å²) in [6.45, 7) is 1.89. The van der Waals surface area contributed by atoms with Crippen LogP contribution in [0.15, 0.2) is 101 Å². The van der Waals surface area contributed by atoms with Gasteiger partial charge in [0.05, 0.1) is 28.8 Å². The Morgan fingerprint density at radius 2 is 1.61 bits per heavy atom. The van der Waals surface area contributed by atoms with Gasteiger partial charge in [0.15, 0.2) is 0 Å². The van der Waals surface area contributed by atoms with Gasteiger partial charge in [-0.25, -0.2) is 9.99 Å². The number of hydrazone groups is 2. The highest BCUT2D eigenvalue weighted by Crippen LogP contribution is 2.41. The van der Waals surface area contributed by atoms with E-state index in [-0.39, 0.29) is 11.9 Å². The number of thiazole rings is 1. The largest absolute Gasteiger partial charge is 0.271 e. The summed E-state index contributed by atoms with van der Waals surface area (Å²) in [4.78, 5) is 18.4. The average Bonchev–Trinajstić information content (AvgIpc) is 3.63. The van der Waals surface area contributed by atoms with E-state index in [4.69, 9.17) is 21.7 Å². The minimum atomic E-state index is -0.501. The molecule has 0 bridgehead atoms. The normalized spacial score (nSPS) is 19.6. The van der Waals surface area contributed by atoms with Crippen molar-refractivity contribution in [2.24, 2.45) is 16.1 Å². The zero-order valence-corrected chi connectivity index (χ0v) is 21.0. The molecule has 3 aromatic carbocycles. The highest BCUT2D eigenvalue weighted by molar-refractivity contribution is 7.14. The number of hydrogen-bond acceptors (Lipinski definition) is 6. The van der Waals surface area contributed by atoms with Crippen LogP contribution in [0.1, 0.15) is 24.9 Å². The Balaban J connectivity index is 1.36. The zero-order chi connectivity index (χ0) is 24.6. The molecule has 4 aromatic rings. The molecule has 1 aromatic heterocycles. The Kier molecular flexibility index (Phi) is 5.87. The van der Waals surface area contributed by atoms with Crippen molar-refractivity contribution < 1.29 is 4.79 Å². The number of aromatic nitrogens is 1. The molecule has 0 saturated heterocycles. The molecule has 6 rings (SSSR count). The summed E-state index contributed by atoms with van der Waals surface area (Å²) in [5.41, 5.74) is 5.30. The lowest BCUT2D eigenvalue weighted by atomic mass is 9.92. The van der Waals surface area contributed by atoms with E-state index in [0.717, 1.165) is 39.1 Å². The average molecular weight is 512 g/mol. The number of rotatable bonds is 5. The van der Waals surface area contributed by atoms with Gasteiger partial charge in [-0.1, -0.05) is 72.3 Å². The fourth-order valence-electron chi connectivity index (χ4n) is 4.64. The van der Waals surface area contributed by atoms with E-state index in [1.54, 1.807) is 11.3 Å². The van der Waals surface area contributed by atoms with Crippen molar-refractivity contribution >= 4 is 51.1 Å². The van der Waals surface area contributed by atoms with Gasteiger partial charge >= 0.3 is 0 Å². The molecule has 1 amide bonds. The first-order chi connectivity index (χ1) is 17.6. The number of nitrogens with zero attached hydrogens (tertiary/aromatic N) is 5. The van der Waals surface area contributed by atoms with Crippen LogP contribution in [-0.4, -0.2) is 22.3 Å². The second-order valence-electron chi connectivity index (χ2n) is 8.75. The smallest absolute Gasteiger partial charge is 0.262 e. The maximum Gasteiger partial charge on any atom is 0.262 e. The molecular formula is C28H22ClN5OS. The van der Waals surface area contributed by atoms with Gasteiger partial charge in [-0.3, -0.25) is 4.79 Å². The zero-order valence-electron chi connectivity index (χ0n) is 19.5. The first-order valence-electron chi connectivity index (χ1n) is 11.7. The third kappa shape index (κ3) is 4.10. The molecule has 2 aliphatic rings. The summed E-state index contributed by atoms with van der Waals surface area (Å²) in [7, 11) is 0. The maximum absolute atomic E-state index is 13.5. The number of amides is 1. The molecule has 0 saturated carbocycles. The maximum atomic E-state index is 13.5. The molecule has 3 heterocycles. The second kappa shape index (κ2) is 9.33. The summed E-state index contributed by atoms with van der Waals surface area (Å²) >= 11 is 7.71. The van der Waals surface area contributed by atoms with E-state index in [1.807, 2.05) is 102 Å². The second-order valence-corrected chi connectivity index (χ2v) is 10.0. The molecule has 0 radical (unpaired) electrons. The van der Waals surface area contributed by atoms with Crippen LogP contribution >= 0.6 is 22.9 Å². The lowest BCUT2D eigenvalue weighted by molar-refractivity contribution is -0.118. The van der Waals surface area contributed by atoms with Crippen molar-refractivity contribution in [3.05, 3.63) is 101 Å². The van der Waals surface area contributed by atoms with Crippen LogP contribution < -0.4 is 10.0 Å². The first-order valence-corrected chi connectivity index (χ1v) is 12.9. The van der Waals surface area contributed by atoms with Gasteiger partial charge < -0.3 is 0 Å². The van der Waals surface area contributed by atoms with Crippen molar-refractivity contribution in [2.45, 2.75) is 19.4 Å². The molecule has 0 N–H and O–H groups in total. The number of anilines is 2. The highest BCUT2D eigenvalue weighted by Gasteiger charge is 2.43. The van der Waals surface area contributed by atoms with E-state index >= 15 is 0 Å². The van der Waals surface area contributed by atoms with Crippen LogP contribution in [0.2, 0.25) is 5.02 Å². The molecule has 0 spiro atoms. The molecule has 36 heavy (non-hydrogen) atoms. The quantitative estimate of drug-likeness (QED) is 0.295. The first kappa shape index (κ1) is 22.6. The molecule has 0 fully saturated rings. The number of carbonyl (C=O) groups excluding carboxylic acids is 1. The number of hydrogen-bond donors (Lipinski definition) is 0. The number of halogens is 1.